The number of carbonyl (C=O) groups excluding carboxylic acids is 6. The minimum Gasteiger partial charge on any atom is -0.464 e. The first-order valence-electron chi connectivity index (χ1n) is 24.5. The summed E-state index contributed by atoms with van der Waals surface area (Å²) in [6, 6.07) is 16.9. The second kappa shape index (κ2) is 27.7. The molecule has 4 atom stereocenters. The van der Waals surface area contributed by atoms with Crippen LogP contribution in [0.3, 0.4) is 0 Å². The van der Waals surface area contributed by atoms with Gasteiger partial charge in [0, 0.05) is 68.6 Å². The molecule has 6 bridgehead atoms. The number of benzene rings is 3. The van der Waals surface area contributed by atoms with E-state index in [4.69, 9.17) is 19.9 Å². The topological polar surface area (TPSA) is 195 Å². The zero-order valence-corrected chi connectivity index (χ0v) is 47.7. The molecular formula is C54H77N7O9S4. The first-order chi connectivity index (χ1) is 33.5. The van der Waals surface area contributed by atoms with Crippen molar-refractivity contribution in [3.8, 4) is 28.1 Å². The minimum absolute atomic E-state index is 0. The van der Waals surface area contributed by atoms with Crippen LogP contribution in [0.2, 0.25) is 0 Å². The molecule has 3 aliphatic heterocycles. The molecule has 1 aromatic heterocycles. The molecule has 3 aliphatic rings. The van der Waals surface area contributed by atoms with Crippen molar-refractivity contribution >= 4 is 100 Å². The predicted molar refractivity (Wildman–Crippen MR) is 309 cm³/mol. The molecule has 16 nitrogen and oxygen atoms in total. The van der Waals surface area contributed by atoms with Crippen LogP contribution in [-0.2, 0) is 64.0 Å². The lowest BCUT2D eigenvalue weighted by molar-refractivity contribution is -0.155. The molecule has 74 heavy (non-hydrogen) atoms. The van der Waals surface area contributed by atoms with Crippen molar-refractivity contribution in [2.75, 3.05) is 53.6 Å². The number of esters is 2. The zero-order valence-electron chi connectivity index (χ0n) is 43.7. The summed E-state index contributed by atoms with van der Waals surface area (Å²) in [7, 11) is 3.27. The molecular weight excluding hydrogens is 1020 g/mol. The van der Waals surface area contributed by atoms with E-state index in [9.17, 15) is 28.8 Å². The van der Waals surface area contributed by atoms with Gasteiger partial charge in [-0.2, -0.15) is 54.0 Å². The first kappa shape index (κ1) is 63.3. The third-order valence-electron chi connectivity index (χ3n) is 13.8. The number of fused-ring (bicyclic) bond motifs is 6. The Hall–Kier alpha value is -4.96. The molecule has 4 N–H and O–H groups in total. The van der Waals surface area contributed by atoms with Gasteiger partial charge < -0.3 is 39.6 Å². The van der Waals surface area contributed by atoms with Gasteiger partial charge in [-0.1, -0.05) is 70.7 Å². The summed E-state index contributed by atoms with van der Waals surface area (Å²) in [5.41, 5.74) is 15.8. The summed E-state index contributed by atoms with van der Waals surface area (Å²) in [5.74, 6) is -3.44. The van der Waals surface area contributed by atoms with Crippen LogP contribution in [0.25, 0.3) is 33.3 Å². The summed E-state index contributed by atoms with van der Waals surface area (Å²) < 4.78 is 19.8. The molecule has 20 heteroatoms. The number of aryl methyl sites for hydroxylation is 1. The van der Waals surface area contributed by atoms with Gasteiger partial charge in [-0.15, -0.1) is 0 Å². The van der Waals surface area contributed by atoms with Gasteiger partial charge in [-0.25, -0.2) is 5.43 Å². The Kier molecular flexibility index (Phi) is 23.7. The first-order valence-corrected chi connectivity index (χ1v) is 24.5. The smallest absolute Gasteiger partial charge is 0.325 e. The average molecular weight is 1100 g/mol. The van der Waals surface area contributed by atoms with Gasteiger partial charge in [-0.05, 0) is 103 Å². The second-order valence-corrected chi connectivity index (χ2v) is 19.9. The Labute approximate surface area is 463 Å². The largest absolute Gasteiger partial charge is 0.464 e. The highest BCUT2D eigenvalue weighted by molar-refractivity contribution is 7.59. The maximum absolute atomic E-state index is 14.9. The van der Waals surface area contributed by atoms with E-state index in [2.05, 4.69) is 66.9 Å². The van der Waals surface area contributed by atoms with Crippen LogP contribution in [0.1, 0.15) is 70.6 Å². The van der Waals surface area contributed by atoms with Gasteiger partial charge in [0.15, 0.2) is 0 Å². The number of nitrogens with zero attached hydrogens (tertiary/aromatic N) is 4. The molecule has 0 spiro atoms. The summed E-state index contributed by atoms with van der Waals surface area (Å²) in [5, 5.41) is 5.39. The molecule has 0 saturated carbocycles. The Morgan fingerprint density at radius 1 is 1.00 bits per heavy atom. The number of nitrogens with one attached hydrogen (secondary N) is 2. The lowest BCUT2D eigenvalue weighted by atomic mass is 9.83. The highest BCUT2D eigenvalue weighted by atomic mass is 32.1. The summed E-state index contributed by atoms with van der Waals surface area (Å²) >= 11 is 0. The van der Waals surface area contributed by atoms with Crippen molar-refractivity contribution in [1.82, 2.24) is 30.1 Å². The molecule has 3 aromatic carbocycles. The van der Waals surface area contributed by atoms with Crippen molar-refractivity contribution in [2.24, 2.45) is 23.0 Å². The van der Waals surface area contributed by atoms with E-state index >= 15 is 0 Å². The zero-order chi connectivity index (χ0) is 50.4. The highest BCUT2D eigenvalue weighted by Gasteiger charge is 2.40. The van der Waals surface area contributed by atoms with E-state index in [1.54, 1.807) is 31.2 Å². The Morgan fingerprint density at radius 2 is 1.73 bits per heavy atom. The molecule has 0 radical (unpaired) electrons. The van der Waals surface area contributed by atoms with Gasteiger partial charge in [0.1, 0.15) is 23.9 Å². The van der Waals surface area contributed by atoms with Crippen molar-refractivity contribution in [1.29, 1.82) is 0 Å². The third-order valence-corrected chi connectivity index (χ3v) is 13.8. The van der Waals surface area contributed by atoms with Crippen molar-refractivity contribution < 1.29 is 43.0 Å². The second-order valence-electron chi connectivity index (χ2n) is 19.9. The highest BCUT2D eigenvalue weighted by Crippen LogP contribution is 2.42. The Morgan fingerprint density at radius 3 is 2.41 bits per heavy atom. The lowest BCUT2D eigenvalue weighted by Gasteiger charge is -2.37. The van der Waals surface area contributed by atoms with E-state index in [1.165, 1.54) is 16.0 Å². The number of hydrogen-bond acceptors (Lipinski definition) is 11. The number of hydrazine groups is 1. The third kappa shape index (κ3) is 14.3. The van der Waals surface area contributed by atoms with Crippen LogP contribution in [-0.4, -0.2) is 127 Å². The van der Waals surface area contributed by atoms with Crippen LogP contribution < -0.4 is 21.2 Å². The maximum atomic E-state index is 14.9. The normalized spacial score (nSPS) is 18.8. The number of hydrogen-bond donors (Lipinski definition) is 3. The number of ether oxygens (including phenoxy) is 3. The monoisotopic (exact) mass is 1100 g/mol. The number of likely N-dealkylation sites (N-methyl/N-ethyl adjacent to an activating group) is 1. The number of methoxy groups -OCH3 is 1. The van der Waals surface area contributed by atoms with E-state index in [0.717, 1.165) is 38.9 Å². The SMILES string of the molecule is C=CC(=O)N1CC[C@H](C(=O)N(C)[C@H](C(=O)N[C@H]2Cc3cc(OC(=O)CN)cc(c3)-c3ccc4c(c3)c(c(-c3ccccc3CCOC)n4CC)CC(C)(C)COC(=O)[C@@H]3CCCN(N3)C2=O)C(C)C)C1.S.S.S.S. The number of carbonyl (C=O) groups is 6. The molecule has 4 heterocycles. The van der Waals surface area contributed by atoms with Gasteiger partial charge in [0.05, 0.1) is 31.4 Å². The molecule has 2 saturated heterocycles. The summed E-state index contributed by atoms with van der Waals surface area (Å²) in [6.07, 6.45) is 3.78. The Bertz CT molecular complexity index is 2660. The van der Waals surface area contributed by atoms with Crippen LogP contribution in [0.5, 0.6) is 5.75 Å². The van der Waals surface area contributed by atoms with Crippen LogP contribution in [0, 0.1) is 17.3 Å². The standard InChI is InChI=1S/C54H69N7O9.4H2S/c1-9-46(62)59-22-19-37(31-59)51(65)58(7)48(33(3)4)50(64)56-44-26-34-24-38(27-39(25-34)70-47(63)30-55)36-17-18-45-41(28-36)42(49(60(45)10-2)40-15-12-11-14-35(40)20-23-68-8)29-54(5,6)32-69-53(67)43-16-13-21-61(57-43)52(44)66;;;;/h9,11-12,14-15,17-18,24-25,27-28,33,37,43-44,48,57H,1,10,13,16,19-23,26,29-32,55H2,2-8H3,(H,56,64);4*1H2/t37-,43-,44-,48-;;;;/m0..../s1. The van der Waals surface area contributed by atoms with E-state index in [0.29, 0.717) is 62.9 Å². The predicted octanol–water partition coefficient (Wildman–Crippen LogP) is 5.67. The molecule has 2 fully saturated rings. The van der Waals surface area contributed by atoms with E-state index in [-0.39, 0.29) is 110 Å². The van der Waals surface area contributed by atoms with Gasteiger partial charge in [0.25, 0.3) is 5.91 Å². The number of rotatable bonds is 13. The van der Waals surface area contributed by atoms with Crippen LogP contribution in [0.4, 0.5) is 0 Å². The fourth-order valence-electron chi connectivity index (χ4n) is 10.3. The van der Waals surface area contributed by atoms with E-state index in [1.807, 2.05) is 38.1 Å². The van der Waals surface area contributed by atoms with Crippen molar-refractivity contribution in [3.05, 3.63) is 90.0 Å². The maximum Gasteiger partial charge on any atom is 0.325 e. The number of likely N-dealkylation sites (tertiary alicyclic amines) is 1. The number of amides is 4. The molecule has 4 amide bonds. The number of aromatic nitrogens is 1. The van der Waals surface area contributed by atoms with Crippen LogP contribution in [0.15, 0.2) is 73.3 Å². The van der Waals surface area contributed by atoms with Gasteiger partial charge >= 0.3 is 11.9 Å². The van der Waals surface area contributed by atoms with Crippen molar-refractivity contribution in [3.63, 3.8) is 0 Å². The minimum atomic E-state index is -1.22. The van der Waals surface area contributed by atoms with Crippen LogP contribution >= 0.6 is 54.0 Å². The molecule has 4 aromatic rings. The summed E-state index contributed by atoms with van der Waals surface area (Å²) in [4.78, 5) is 85.7. The number of nitrogens with two attached hydrogens (primary N) is 1. The van der Waals surface area contributed by atoms with Gasteiger partial charge in [-0.3, -0.25) is 33.8 Å². The molecule has 0 aliphatic carbocycles. The summed E-state index contributed by atoms with van der Waals surface area (Å²) in [6.45, 7) is 15.3. The van der Waals surface area contributed by atoms with Crippen molar-refractivity contribution in [2.45, 2.75) is 97.8 Å². The van der Waals surface area contributed by atoms with E-state index < -0.39 is 53.2 Å². The molecule has 406 valence electrons. The Balaban J connectivity index is 0.00000361. The lowest BCUT2D eigenvalue weighted by Crippen LogP contribution is -2.62. The molecule has 0 unspecified atom stereocenters. The average Bonchev–Trinajstić information content (AvgIpc) is 3.96. The molecule has 7 rings (SSSR count). The fraction of sp³-hybridized carbons (Fsp3) is 0.481. The number of cyclic esters (lactones) is 1. The fourth-order valence-corrected chi connectivity index (χ4v) is 10.3. The quantitative estimate of drug-likeness (QED) is 0.0850. The van der Waals surface area contributed by atoms with Gasteiger partial charge in [0.2, 0.25) is 17.7 Å².